The quantitative estimate of drug-likeness (QED) is 0.423. The monoisotopic (exact) mass is 438 g/mol. The molecule has 8 heteroatoms. The van der Waals surface area contributed by atoms with Crippen LogP contribution in [-0.4, -0.2) is 35.2 Å². The molecule has 1 atom stereocenters. The van der Waals surface area contributed by atoms with Gasteiger partial charge in [0.2, 0.25) is 0 Å². The summed E-state index contributed by atoms with van der Waals surface area (Å²) in [7, 11) is 0. The molecule has 0 aliphatic heterocycles. The number of nitrogens with one attached hydrogen (secondary N) is 1. The molecule has 0 saturated heterocycles. The molecule has 1 aromatic carbocycles. The molecule has 6 rings (SSSR count). The number of H-pyrrole nitrogens is 1. The Morgan fingerprint density at radius 3 is 2.61 bits per heavy atom. The predicted octanol–water partition coefficient (Wildman–Crippen LogP) is 4.18. The maximum Gasteiger partial charge on any atom is 0.162 e. The predicted molar refractivity (Wildman–Crippen MR) is 121 cm³/mol. The SMILES string of the molecule is Cc1noc(C)c1-c1cc(C(O)(c2cncnc2)c2ccccn2)c2nc(C3CC3)[nH]c2c1. The molecule has 1 aliphatic carbocycles. The second-order valence-corrected chi connectivity index (χ2v) is 8.57. The molecule has 4 aromatic heterocycles. The average Bonchev–Trinajstić information content (AvgIpc) is 3.53. The lowest BCUT2D eigenvalue weighted by atomic mass is 9.82. The van der Waals surface area contributed by atoms with E-state index < -0.39 is 5.60 Å². The van der Waals surface area contributed by atoms with Gasteiger partial charge in [-0.2, -0.15) is 0 Å². The third-order valence-corrected chi connectivity index (χ3v) is 6.29. The largest absolute Gasteiger partial charge is 0.374 e. The number of aliphatic hydroxyl groups is 1. The van der Waals surface area contributed by atoms with Crippen LogP contribution in [0.15, 0.2) is 59.8 Å². The van der Waals surface area contributed by atoms with Gasteiger partial charge in [-0.3, -0.25) is 4.98 Å². The summed E-state index contributed by atoms with van der Waals surface area (Å²) in [5.74, 6) is 2.08. The molecule has 8 nitrogen and oxygen atoms in total. The highest BCUT2D eigenvalue weighted by atomic mass is 16.5. The number of hydrogen-bond donors (Lipinski definition) is 2. The van der Waals surface area contributed by atoms with Crippen molar-refractivity contribution in [3.8, 4) is 11.1 Å². The molecule has 2 N–H and O–H groups in total. The first-order chi connectivity index (χ1) is 16.1. The number of benzene rings is 1. The second-order valence-electron chi connectivity index (χ2n) is 8.57. The van der Waals surface area contributed by atoms with Gasteiger partial charge in [0.1, 0.15) is 17.9 Å². The van der Waals surface area contributed by atoms with Crippen molar-refractivity contribution in [1.82, 2.24) is 30.1 Å². The summed E-state index contributed by atoms with van der Waals surface area (Å²) >= 11 is 0. The second kappa shape index (κ2) is 7.31. The van der Waals surface area contributed by atoms with Crippen LogP contribution < -0.4 is 0 Å². The highest BCUT2D eigenvalue weighted by molar-refractivity contribution is 5.88. The Morgan fingerprint density at radius 1 is 1.12 bits per heavy atom. The van der Waals surface area contributed by atoms with Crippen LogP contribution in [0, 0.1) is 13.8 Å². The van der Waals surface area contributed by atoms with Gasteiger partial charge in [0.15, 0.2) is 5.60 Å². The fourth-order valence-corrected chi connectivity index (χ4v) is 4.51. The lowest BCUT2D eigenvalue weighted by Crippen LogP contribution is -2.31. The lowest BCUT2D eigenvalue weighted by Gasteiger charge is -2.29. The van der Waals surface area contributed by atoms with Crippen LogP contribution in [0.3, 0.4) is 0 Å². The minimum Gasteiger partial charge on any atom is -0.374 e. The van der Waals surface area contributed by atoms with E-state index in [9.17, 15) is 5.11 Å². The smallest absolute Gasteiger partial charge is 0.162 e. The maximum atomic E-state index is 12.4. The third-order valence-electron chi connectivity index (χ3n) is 6.29. The van der Waals surface area contributed by atoms with Crippen LogP contribution in [0.25, 0.3) is 22.2 Å². The van der Waals surface area contributed by atoms with Gasteiger partial charge in [0.25, 0.3) is 0 Å². The van der Waals surface area contributed by atoms with E-state index in [-0.39, 0.29) is 0 Å². The molecule has 0 radical (unpaired) electrons. The fraction of sp³-hybridized carbons (Fsp3) is 0.240. The first-order valence-corrected chi connectivity index (χ1v) is 10.9. The van der Waals surface area contributed by atoms with Gasteiger partial charge < -0.3 is 14.6 Å². The summed E-state index contributed by atoms with van der Waals surface area (Å²) in [4.78, 5) is 21.3. The van der Waals surface area contributed by atoms with Crippen LogP contribution in [0.1, 0.15) is 52.9 Å². The van der Waals surface area contributed by atoms with E-state index in [1.54, 1.807) is 24.7 Å². The highest BCUT2D eigenvalue weighted by Gasteiger charge is 2.39. The molecule has 1 fully saturated rings. The van der Waals surface area contributed by atoms with Crippen molar-refractivity contribution in [3.05, 3.63) is 89.3 Å². The fourth-order valence-electron chi connectivity index (χ4n) is 4.51. The number of aryl methyl sites for hydroxylation is 2. The Bertz CT molecular complexity index is 1400. The van der Waals surface area contributed by atoms with Crippen LogP contribution in [0.4, 0.5) is 0 Å². The van der Waals surface area contributed by atoms with Crippen molar-refractivity contribution < 1.29 is 9.63 Å². The number of nitrogens with zero attached hydrogens (tertiary/aromatic N) is 5. The molecule has 0 amide bonds. The molecule has 0 bridgehead atoms. The zero-order valence-corrected chi connectivity index (χ0v) is 18.3. The van der Waals surface area contributed by atoms with E-state index in [1.165, 1.54) is 6.33 Å². The van der Waals surface area contributed by atoms with Gasteiger partial charge in [-0.15, -0.1) is 0 Å². The average molecular weight is 438 g/mol. The molecular formula is C25H22N6O2. The molecule has 33 heavy (non-hydrogen) atoms. The van der Waals surface area contributed by atoms with E-state index in [4.69, 9.17) is 9.51 Å². The molecule has 1 unspecified atom stereocenters. The summed E-state index contributed by atoms with van der Waals surface area (Å²) < 4.78 is 5.44. The molecule has 164 valence electrons. The number of aromatic amines is 1. The Hall–Kier alpha value is -3.91. The Kier molecular flexibility index (Phi) is 4.38. The van der Waals surface area contributed by atoms with Crippen molar-refractivity contribution in [2.75, 3.05) is 0 Å². The van der Waals surface area contributed by atoms with E-state index >= 15 is 0 Å². The van der Waals surface area contributed by atoms with E-state index in [1.807, 2.05) is 38.1 Å². The molecule has 1 saturated carbocycles. The van der Waals surface area contributed by atoms with Crippen molar-refractivity contribution in [3.63, 3.8) is 0 Å². The van der Waals surface area contributed by atoms with E-state index in [0.717, 1.165) is 41.0 Å². The summed E-state index contributed by atoms with van der Waals surface area (Å²) in [5.41, 5.74) is 4.06. The van der Waals surface area contributed by atoms with Crippen LogP contribution in [0.2, 0.25) is 0 Å². The number of pyridine rings is 1. The lowest BCUT2D eigenvalue weighted by molar-refractivity contribution is 0.121. The third kappa shape index (κ3) is 3.14. The molecule has 5 aromatic rings. The van der Waals surface area contributed by atoms with Crippen molar-refractivity contribution in [1.29, 1.82) is 0 Å². The molecule has 4 heterocycles. The summed E-state index contributed by atoms with van der Waals surface area (Å²) in [6, 6.07) is 9.47. The summed E-state index contributed by atoms with van der Waals surface area (Å²) in [6.45, 7) is 3.80. The standard InChI is InChI=1S/C25H22N6O2/c1-14-22(15(2)33-31-14)17-9-19(23-20(10-17)29-24(30-23)16-6-7-16)25(32,18-11-26-13-27-12-18)21-5-3-4-8-28-21/h3-5,8-13,16,32H,6-7H2,1-2H3,(H,29,30). The first kappa shape index (κ1) is 19.8. The minimum atomic E-state index is -1.62. The zero-order chi connectivity index (χ0) is 22.6. The Balaban J connectivity index is 1.70. The number of hydrogen-bond acceptors (Lipinski definition) is 7. The van der Waals surface area contributed by atoms with Gasteiger partial charge in [-0.1, -0.05) is 11.2 Å². The number of aromatic nitrogens is 6. The number of fused-ring (bicyclic) bond motifs is 1. The molecule has 1 aliphatic rings. The summed E-state index contributed by atoms with van der Waals surface area (Å²) in [5, 5.41) is 16.5. The van der Waals surface area contributed by atoms with Crippen LogP contribution in [0.5, 0.6) is 0 Å². The van der Waals surface area contributed by atoms with E-state index in [2.05, 4.69) is 25.1 Å². The Labute approximate surface area is 189 Å². The topological polar surface area (TPSA) is 114 Å². The number of rotatable bonds is 5. The zero-order valence-electron chi connectivity index (χ0n) is 18.3. The summed E-state index contributed by atoms with van der Waals surface area (Å²) in [6.07, 6.45) is 8.57. The van der Waals surface area contributed by atoms with E-state index in [0.29, 0.717) is 34.0 Å². The van der Waals surface area contributed by atoms with Crippen molar-refractivity contribution in [2.24, 2.45) is 0 Å². The molecule has 0 spiro atoms. The van der Waals surface area contributed by atoms with Crippen LogP contribution >= 0.6 is 0 Å². The van der Waals surface area contributed by atoms with Crippen LogP contribution in [-0.2, 0) is 5.60 Å². The molecular weight excluding hydrogens is 416 g/mol. The first-order valence-electron chi connectivity index (χ1n) is 10.9. The van der Waals surface area contributed by atoms with Gasteiger partial charge in [0, 0.05) is 41.2 Å². The number of imidazole rings is 1. The van der Waals surface area contributed by atoms with Gasteiger partial charge in [0.05, 0.1) is 22.4 Å². The highest BCUT2D eigenvalue weighted by Crippen LogP contribution is 2.44. The van der Waals surface area contributed by atoms with Gasteiger partial charge in [-0.05, 0) is 56.5 Å². The van der Waals surface area contributed by atoms with Gasteiger partial charge in [-0.25, -0.2) is 15.0 Å². The maximum absolute atomic E-state index is 12.4. The normalized spacial score (nSPS) is 15.6. The van der Waals surface area contributed by atoms with Crippen molar-refractivity contribution >= 4 is 11.0 Å². The van der Waals surface area contributed by atoms with Crippen molar-refractivity contribution in [2.45, 2.75) is 38.2 Å². The minimum absolute atomic E-state index is 0.427. The van der Waals surface area contributed by atoms with Gasteiger partial charge >= 0.3 is 0 Å². The Morgan fingerprint density at radius 2 is 1.94 bits per heavy atom.